The van der Waals surface area contributed by atoms with Gasteiger partial charge < -0.3 is 5.11 Å². The van der Waals surface area contributed by atoms with Gasteiger partial charge in [-0.25, -0.2) is 9.97 Å². The second-order valence-electron chi connectivity index (χ2n) is 5.89. The van der Waals surface area contributed by atoms with Crippen LogP contribution in [-0.4, -0.2) is 26.2 Å². The van der Waals surface area contributed by atoms with Gasteiger partial charge in [-0.1, -0.05) is 12.0 Å². The molecule has 0 fully saturated rings. The summed E-state index contributed by atoms with van der Waals surface area (Å²) in [6.07, 6.45) is 2.33. The molecule has 1 unspecified atom stereocenters. The van der Waals surface area contributed by atoms with E-state index < -0.39 is 0 Å². The van der Waals surface area contributed by atoms with E-state index in [1.165, 1.54) is 0 Å². The molecule has 0 spiro atoms. The molecule has 5 nitrogen and oxygen atoms in total. The number of aliphatic hydroxyl groups excluding tert-OH is 1. The molecule has 4 rings (SSSR count). The van der Waals surface area contributed by atoms with Crippen LogP contribution >= 0.6 is 0 Å². The van der Waals surface area contributed by atoms with Crippen molar-refractivity contribution in [1.29, 1.82) is 0 Å². The number of fused-ring (bicyclic) bond motifs is 2. The predicted octanol–water partition coefficient (Wildman–Crippen LogP) is 1.36. The Bertz CT molecular complexity index is 1030. The molecule has 1 atom stereocenters. The molecular formula is C19H15N3O2. The molecule has 1 aromatic carbocycles. The van der Waals surface area contributed by atoms with Crippen molar-refractivity contribution in [1.82, 2.24) is 14.5 Å². The molecule has 5 heteroatoms. The van der Waals surface area contributed by atoms with E-state index in [1.54, 1.807) is 16.8 Å². The highest BCUT2D eigenvalue weighted by Crippen LogP contribution is 2.19. The fourth-order valence-corrected chi connectivity index (χ4v) is 2.97. The van der Waals surface area contributed by atoms with Crippen LogP contribution in [0.4, 0.5) is 0 Å². The molecule has 3 aromatic rings. The van der Waals surface area contributed by atoms with Gasteiger partial charge in [0.1, 0.15) is 11.5 Å². The Kier molecular flexibility index (Phi) is 3.60. The number of aliphatic hydroxyl groups is 1. The summed E-state index contributed by atoms with van der Waals surface area (Å²) in [5.74, 6) is 6.87. The molecule has 2 aromatic heterocycles. The van der Waals surface area contributed by atoms with Gasteiger partial charge in [0.25, 0.3) is 5.56 Å². The normalized spacial score (nSPS) is 15.8. The highest BCUT2D eigenvalue weighted by molar-refractivity contribution is 5.79. The Balaban J connectivity index is 1.76. The largest absolute Gasteiger partial charge is 0.396 e. The summed E-state index contributed by atoms with van der Waals surface area (Å²) in [5.41, 5.74) is 2.10. The van der Waals surface area contributed by atoms with Crippen molar-refractivity contribution in [2.24, 2.45) is 5.92 Å². The SMILES string of the molecule is O=c1c2ccc(C#Cc3ccccn3)cc2nc2n1CC(CO)C2. The van der Waals surface area contributed by atoms with Gasteiger partial charge in [-0.05, 0) is 36.3 Å². The highest BCUT2D eigenvalue weighted by Gasteiger charge is 2.24. The molecule has 0 radical (unpaired) electrons. The number of hydrogen-bond acceptors (Lipinski definition) is 4. The summed E-state index contributed by atoms with van der Waals surface area (Å²) in [6, 6.07) is 11.0. The van der Waals surface area contributed by atoms with E-state index in [4.69, 9.17) is 0 Å². The van der Waals surface area contributed by atoms with Crippen molar-refractivity contribution in [3.05, 3.63) is 70.0 Å². The van der Waals surface area contributed by atoms with E-state index in [-0.39, 0.29) is 18.1 Å². The molecule has 1 N–H and O–H groups in total. The van der Waals surface area contributed by atoms with Crippen molar-refractivity contribution >= 4 is 10.9 Å². The first-order chi connectivity index (χ1) is 11.7. The van der Waals surface area contributed by atoms with Crippen molar-refractivity contribution in [3.8, 4) is 11.8 Å². The first kappa shape index (κ1) is 14.6. The van der Waals surface area contributed by atoms with Crippen molar-refractivity contribution < 1.29 is 5.11 Å². The molecule has 1 aliphatic heterocycles. The molecule has 0 saturated carbocycles. The second kappa shape index (κ2) is 5.91. The van der Waals surface area contributed by atoms with Crippen LogP contribution in [0.1, 0.15) is 17.1 Å². The fourth-order valence-electron chi connectivity index (χ4n) is 2.97. The van der Waals surface area contributed by atoms with Crippen LogP contribution in [0, 0.1) is 17.8 Å². The Hall–Kier alpha value is -2.97. The van der Waals surface area contributed by atoms with Crippen LogP contribution in [0.3, 0.4) is 0 Å². The quantitative estimate of drug-likeness (QED) is 0.688. The van der Waals surface area contributed by atoms with Crippen LogP contribution in [0.5, 0.6) is 0 Å². The van der Waals surface area contributed by atoms with Crippen LogP contribution in [0.15, 0.2) is 47.4 Å². The summed E-state index contributed by atoms with van der Waals surface area (Å²) in [5, 5.41) is 9.91. The van der Waals surface area contributed by atoms with Gasteiger partial charge in [0.15, 0.2) is 0 Å². The maximum atomic E-state index is 12.6. The van der Waals surface area contributed by atoms with E-state index in [0.29, 0.717) is 29.6 Å². The Labute approximate surface area is 138 Å². The number of hydrogen-bond donors (Lipinski definition) is 1. The Morgan fingerprint density at radius 3 is 2.96 bits per heavy atom. The van der Waals surface area contributed by atoms with Gasteiger partial charge in [-0.3, -0.25) is 9.36 Å². The highest BCUT2D eigenvalue weighted by atomic mass is 16.3. The van der Waals surface area contributed by atoms with Gasteiger partial charge in [-0.2, -0.15) is 0 Å². The van der Waals surface area contributed by atoms with Gasteiger partial charge in [-0.15, -0.1) is 0 Å². The minimum atomic E-state index is -0.0461. The first-order valence-corrected chi connectivity index (χ1v) is 7.82. The summed E-state index contributed by atoms with van der Waals surface area (Å²) in [7, 11) is 0. The van der Waals surface area contributed by atoms with Crippen LogP contribution < -0.4 is 5.56 Å². The molecule has 1 aliphatic rings. The minimum Gasteiger partial charge on any atom is -0.396 e. The zero-order valence-corrected chi connectivity index (χ0v) is 12.9. The zero-order valence-electron chi connectivity index (χ0n) is 12.9. The van der Waals surface area contributed by atoms with Crippen molar-refractivity contribution in [2.45, 2.75) is 13.0 Å². The fraction of sp³-hybridized carbons (Fsp3) is 0.211. The molecule has 3 heterocycles. The van der Waals surface area contributed by atoms with Crippen LogP contribution in [0.25, 0.3) is 10.9 Å². The molecule has 0 amide bonds. The summed E-state index contributed by atoms with van der Waals surface area (Å²) >= 11 is 0. The lowest BCUT2D eigenvalue weighted by molar-refractivity contribution is 0.224. The van der Waals surface area contributed by atoms with Crippen molar-refractivity contribution in [3.63, 3.8) is 0 Å². The maximum Gasteiger partial charge on any atom is 0.261 e. The summed E-state index contributed by atoms with van der Waals surface area (Å²) < 4.78 is 1.67. The molecule has 0 bridgehead atoms. The predicted molar refractivity (Wildman–Crippen MR) is 90.5 cm³/mol. The van der Waals surface area contributed by atoms with E-state index in [1.807, 2.05) is 30.3 Å². The maximum absolute atomic E-state index is 12.6. The smallest absolute Gasteiger partial charge is 0.261 e. The Morgan fingerprint density at radius 1 is 1.25 bits per heavy atom. The third-order valence-corrected chi connectivity index (χ3v) is 4.20. The average Bonchev–Trinajstić information content (AvgIpc) is 3.04. The van der Waals surface area contributed by atoms with E-state index in [2.05, 4.69) is 21.8 Å². The standard InChI is InChI=1S/C19H15N3O2/c23-12-14-10-18-21-17-9-13(4-6-15-3-1-2-8-20-15)5-7-16(17)19(24)22(18)11-14/h1-3,5,7-9,14,23H,10-12H2. The van der Waals surface area contributed by atoms with Gasteiger partial charge in [0.2, 0.25) is 0 Å². The number of nitrogens with zero attached hydrogens (tertiary/aromatic N) is 3. The van der Waals surface area contributed by atoms with E-state index >= 15 is 0 Å². The number of aromatic nitrogens is 3. The number of pyridine rings is 1. The average molecular weight is 317 g/mol. The van der Waals surface area contributed by atoms with E-state index in [0.717, 1.165) is 11.4 Å². The lowest BCUT2D eigenvalue weighted by Gasteiger charge is -2.05. The molecule has 0 saturated heterocycles. The topological polar surface area (TPSA) is 68.0 Å². The van der Waals surface area contributed by atoms with Gasteiger partial charge in [0.05, 0.1) is 10.9 Å². The van der Waals surface area contributed by atoms with Gasteiger partial charge >= 0.3 is 0 Å². The lowest BCUT2D eigenvalue weighted by Crippen LogP contribution is -2.21. The molecule has 118 valence electrons. The van der Waals surface area contributed by atoms with Crippen LogP contribution in [-0.2, 0) is 13.0 Å². The third kappa shape index (κ3) is 2.57. The molecule has 24 heavy (non-hydrogen) atoms. The number of rotatable bonds is 1. The first-order valence-electron chi connectivity index (χ1n) is 7.82. The zero-order chi connectivity index (χ0) is 16.5. The third-order valence-electron chi connectivity index (χ3n) is 4.20. The number of benzene rings is 1. The van der Waals surface area contributed by atoms with Crippen molar-refractivity contribution in [2.75, 3.05) is 6.61 Å². The van der Waals surface area contributed by atoms with Crippen LogP contribution in [0.2, 0.25) is 0 Å². The summed E-state index contributed by atoms with van der Waals surface area (Å²) in [6.45, 7) is 0.606. The minimum absolute atomic E-state index is 0.0461. The monoisotopic (exact) mass is 317 g/mol. The molecular weight excluding hydrogens is 302 g/mol. The van der Waals surface area contributed by atoms with E-state index in [9.17, 15) is 9.90 Å². The molecule has 0 aliphatic carbocycles. The summed E-state index contributed by atoms with van der Waals surface area (Å²) in [4.78, 5) is 21.3. The second-order valence-corrected chi connectivity index (χ2v) is 5.89. The van der Waals surface area contributed by atoms with Gasteiger partial charge in [0, 0.05) is 37.3 Å². The lowest BCUT2D eigenvalue weighted by atomic mass is 10.1. The Morgan fingerprint density at radius 2 is 2.17 bits per heavy atom.